The Morgan fingerprint density at radius 2 is 1.00 bits per heavy atom. The van der Waals surface area contributed by atoms with E-state index in [-0.39, 0.29) is 0 Å². The Morgan fingerprint density at radius 3 is 1.48 bits per heavy atom. The zero-order chi connectivity index (χ0) is 18.5. The van der Waals surface area contributed by atoms with E-state index in [9.17, 15) is 0 Å². The molecule has 0 aliphatic heterocycles. The van der Waals surface area contributed by atoms with Crippen LogP contribution in [0.15, 0.2) is 78.9 Å². The second-order valence-electron chi connectivity index (χ2n) is 4.90. The van der Waals surface area contributed by atoms with Gasteiger partial charge in [0.05, 0.1) is 0 Å². The summed E-state index contributed by atoms with van der Waals surface area (Å²) in [7, 11) is 0. The molecule has 0 bridgehead atoms. The third-order valence-corrected chi connectivity index (χ3v) is 3.43. The normalized spacial score (nSPS) is 8.52. The van der Waals surface area contributed by atoms with Crippen LogP contribution in [-0.4, -0.2) is 12.2 Å². The van der Waals surface area contributed by atoms with Crippen LogP contribution in [-0.2, 0) is 9.59 Å². The smallest absolute Gasteiger partial charge is 0.222 e. The van der Waals surface area contributed by atoms with Gasteiger partial charge in [0.25, 0.3) is 0 Å². The Morgan fingerprint density at radius 1 is 0.600 bits per heavy atom. The van der Waals surface area contributed by atoms with E-state index in [0.717, 1.165) is 12.2 Å². The van der Waals surface area contributed by atoms with Crippen LogP contribution in [0.2, 0.25) is 0 Å². The van der Waals surface area contributed by atoms with Gasteiger partial charge in [-0.25, -0.2) is 20.4 Å². The van der Waals surface area contributed by atoms with Crippen molar-refractivity contribution in [3.8, 4) is 22.3 Å². The van der Waals surface area contributed by atoms with Crippen LogP contribution in [0.3, 0.4) is 0 Å². The summed E-state index contributed by atoms with van der Waals surface area (Å²) >= 11 is 0. The highest BCUT2D eigenvalue weighted by atomic mass is 16.1. The van der Waals surface area contributed by atoms with E-state index in [4.69, 9.17) is 20.4 Å². The van der Waals surface area contributed by atoms with Gasteiger partial charge in [0.1, 0.15) is 0 Å². The quantitative estimate of drug-likeness (QED) is 0.346. The van der Waals surface area contributed by atoms with Crippen molar-refractivity contribution in [2.75, 3.05) is 0 Å². The Balaban J connectivity index is 0.000000218. The van der Waals surface area contributed by atoms with Gasteiger partial charge in [-0.15, -0.1) is 0 Å². The molecule has 0 unspecified atom stereocenters. The van der Waals surface area contributed by atoms with Crippen molar-refractivity contribution in [3.05, 3.63) is 84.4 Å². The third-order valence-electron chi connectivity index (χ3n) is 3.43. The molecule has 0 spiro atoms. The molecule has 0 amide bonds. The van der Waals surface area contributed by atoms with Crippen LogP contribution in [0.25, 0.3) is 22.3 Å². The molecule has 0 heterocycles. The first kappa shape index (κ1) is 19.5. The van der Waals surface area contributed by atoms with E-state index in [0.29, 0.717) is 0 Å². The average molecular weight is 330 g/mol. The van der Waals surface area contributed by atoms with Gasteiger partial charge in [0.15, 0.2) is 0 Å². The lowest BCUT2D eigenvalue weighted by atomic mass is 9.78. The first-order chi connectivity index (χ1) is 12.2. The fourth-order valence-corrected chi connectivity index (χ4v) is 2.51. The second-order valence-corrected chi connectivity index (χ2v) is 4.90. The molecular weight excluding hydrogens is 312 g/mol. The third kappa shape index (κ3) is 5.52. The highest BCUT2D eigenvalue weighted by Gasteiger charge is 2.22. The van der Waals surface area contributed by atoms with Crippen LogP contribution < -0.4 is 0 Å². The molecule has 1 aliphatic rings. The molecule has 4 heteroatoms. The van der Waals surface area contributed by atoms with Crippen LogP contribution in [0.1, 0.15) is 5.56 Å². The van der Waals surface area contributed by atoms with Crippen LogP contribution in [0.4, 0.5) is 0 Å². The van der Waals surface area contributed by atoms with Crippen molar-refractivity contribution in [2.24, 2.45) is 0 Å². The summed E-state index contributed by atoms with van der Waals surface area (Å²) in [6.07, 6.45) is 1.50. The van der Waals surface area contributed by atoms with Gasteiger partial charge in [-0.3, -0.25) is 0 Å². The highest BCUT2D eigenvalue weighted by molar-refractivity contribution is 6.03. The standard InChI is InChI=1S/C13H10.C6H6.2CHNO/c1-9-5-4-8-12-10-6-2-3-7-11(10)13(9)12;1-2-4-6-5-3-1;2*2-1-3/h2-8H,1H3;1-6H;2*2H. The summed E-state index contributed by atoms with van der Waals surface area (Å²) in [4.78, 5) is 16.7. The van der Waals surface area contributed by atoms with Gasteiger partial charge in [-0.05, 0) is 34.7 Å². The molecule has 124 valence electrons. The minimum absolute atomic E-state index is 0.750. The Hall–Kier alpha value is -3.58. The van der Waals surface area contributed by atoms with Gasteiger partial charge < -0.3 is 0 Å². The summed E-state index contributed by atoms with van der Waals surface area (Å²) < 4.78 is 0. The number of rotatable bonds is 0. The molecule has 1 aliphatic carbocycles. The molecule has 2 N–H and O–H groups in total. The first-order valence-electron chi connectivity index (χ1n) is 7.48. The van der Waals surface area contributed by atoms with Crippen molar-refractivity contribution in [3.63, 3.8) is 0 Å². The summed E-state index contributed by atoms with van der Waals surface area (Å²) in [6.45, 7) is 2.18. The monoisotopic (exact) mass is 330 g/mol. The van der Waals surface area contributed by atoms with Crippen LogP contribution in [0.5, 0.6) is 0 Å². The lowest BCUT2D eigenvalue weighted by Crippen LogP contribution is -1.99. The van der Waals surface area contributed by atoms with Crippen LogP contribution >= 0.6 is 0 Å². The largest absolute Gasteiger partial charge is 0.231 e. The molecule has 0 fully saturated rings. The van der Waals surface area contributed by atoms with Crippen molar-refractivity contribution < 1.29 is 9.59 Å². The Labute approximate surface area is 146 Å². The predicted molar refractivity (Wildman–Crippen MR) is 98.9 cm³/mol. The number of hydrogen-bond donors (Lipinski definition) is 2. The van der Waals surface area contributed by atoms with E-state index in [1.807, 2.05) is 36.4 Å². The van der Waals surface area contributed by atoms with Crippen molar-refractivity contribution in [1.82, 2.24) is 0 Å². The topological polar surface area (TPSA) is 81.8 Å². The van der Waals surface area contributed by atoms with Gasteiger partial charge in [-0.1, -0.05) is 78.9 Å². The maximum Gasteiger partial charge on any atom is 0.231 e. The number of isocyanates is 2. The molecule has 0 atom stereocenters. The van der Waals surface area contributed by atoms with E-state index in [1.165, 1.54) is 27.8 Å². The zero-order valence-electron chi connectivity index (χ0n) is 13.8. The number of fused-ring (bicyclic) bond motifs is 4. The average Bonchev–Trinajstić information content (AvgIpc) is 2.63. The van der Waals surface area contributed by atoms with E-state index in [1.54, 1.807) is 0 Å². The Bertz CT molecular complexity index is 823. The number of hydrogen-bond acceptors (Lipinski definition) is 4. The molecule has 4 rings (SSSR count). The predicted octanol–water partition coefficient (Wildman–Crippen LogP) is 5.13. The maximum absolute atomic E-state index is 8.35. The van der Waals surface area contributed by atoms with Crippen molar-refractivity contribution in [2.45, 2.75) is 6.92 Å². The SMILES string of the molecule is Cc1cccc2c1-c1ccccc1-2.N=C=O.N=C=O.c1ccccc1. The van der Waals surface area contributed by atoms with Gasteiger partial charge >= 0.3 is 0 Å². The summed E-state index contributed by atoms with van der Waals surface area (Å²) in [5.41, 5.74) is 7.06. The maximum atomic E-state index is 8.35. The minimum atomic E-state index is 0.750. The lowest BCUT2D eigenvalue weighted by Gasteiger charge is -2.25. The fourth-order valence-electron chi connectivity index (χ4n) is 2.51. The fraction of sp³-hybridized carbons (Fsp3) is 0.0476. The molecule has 0 radical (unpaired) electrons. The summed E-state index contributed by atoms with van der Waals surface area (Å²) in [5, 5.41) is 10.8. The van der Waals surface area contributed by atoms with Crippen LogP contribution in [0, 0.1) is 17.7 Å². The zero-order valence-corrected chi connectivity index (χ0v) is 13.8. The molecule has 0 saturated carbocycles. The van der Waals surface area contributed by atoms with E-state index < -0.39 is 0 Å². The summed E-state index contributed by atoms with van der Waals surface area (Å²) in [5.74, 6) is 0. The number of nitrogens with one attached hydrogen (secondary N) is 2. The first-order valence-corrected chi connectivity index (χ1v) is 7.48. The Kier molecular flexibility index (Phi) is 8.59. The molecule has 3 aromatic carbocycles. The minimum Gasteiger partial charge on any atom is -0.222 e. The van der Waals surface area contributed by atoms with Crippen molar-refractivity contribution in [1.29, 1.82) is 10.8 Å². The van der Waals surface area contributed by atoms with Gasteiger partial charge in [0, 0.05) is 0 Å². The van der Waals surface area contributed by atoms with E-state index >= 15 is 0 Å². The molecule has 25 heavy (non-hydrogen) atoms. The van der Waals surface area contributed by atoms with Gasteiger partial charge in [0.2, 0.25) is 12.2 Å². The summed E-state index contributed by atoms with van der Waals surface area (Å²) in [6, 6.07) is 27.1. The molecule has 3 aromatic rings. The number of carbonyl (C=O) groups excluding carboxylic acids is 2. The van der Waals surface area contributed by atoms with E-state index in [2.05, 4.69) is 49.4 Å². The van der Waals surface area contributed by atoms with Crippen molar-refractivity contribution >= 4 is 12.2 Å². The molecule has 0 aromatic heterocycles. The number of benzene rings is 3. The molecule has 4 nitrogen and oxygen atoms in total. The number of aryl methyl sites for hydroxylation is 1. The van der Waals surface area contributed by atoms with Gasteiger partial charge in [-0.2, -0.15) is 0 Å². The second kappa shape index (κ2) is 11.0. The molecular formula is C21H18N2O2. The lowest BCUT2D eigenvalue weighted by molar-refractivity contribution is 0.562. The highest BCUT2D eigenvalue weighted by Crippen LogP contribution is 2.48. The molecule has 0 saturated heterocycles.